The van der Waals surface area contributed by atoms with Crippen LogP contribution in [0.1, 0.15) is 31.4 Å². The minimum absolute atomic E-state index is 1.10. The molecular weight excluding hydrogens is 170 g/mol. The quantitative estimate of drug-likeness (QED) is 0.682. The average Bonchev–Trinajstić information content (AvgIpc) is 2.25. The topological polar surface area (TPSA) is 12.0 Å². The molecule has 0 fully saturated rings. The molecule has 14 heavy (non-hydrogen) atoms. The van der Waals surface area contributed by atoms with Crippen LogP contribution in [0.25, 0.3) is 0 Å². The maximum absolute atomic E-state index is 3.43. The monoisotopic (exact) mass is 191 g/mol. The van der Waals surface area contributed by atoms with Gasteiger partial charge in [0.25, 0.3) is 0 Å². The molecule has 0 aliphatic rings. The third kappa shape index (κ3) is 3.51. The summed E-state index contributed by atoms with van der Waals surface area (Å²) < 4.78 is 0. The fourth-order valence-corrected chi connectivity index (χ4v) is 1.67. The van der Waals surface area contributed by atoms with Gasteiger partial charge in [-0.3, -0.25) is 0 Å². The van der Waals surface area contributed by atoms with Crippen LogP contribution in [0.3, 0.4) is 0 Å². The van der Waals surface area contributed by atoms with Crippen molar-refractivity contribution in [1.29, 1.82) is 0 Å². The largest absolute Gasteiger partial charge is 0.316 e. The molecule has 1 nitrogen and oxygen atoms in total. The Hall–Kier alpha value is -0.820. The van der Waals surface area contributed by atoms with Gasteiger partial charge in [-0.25, -0.2) is 0 Å². The first-order valence-electron chi connectivity index (χ1n) is 5.66. The second-order valence-corrected chi connectivity index (χ2v) is 3.62. The minimum Gasteiger partial charge on any atom is -0.316 e. The summed E-state index contributed by atoms with van der Waals surface area (Å²) in [6, 6.07) is 8.73. The van der Waals surface area contributed by atoms with E-state index in [1.807, 2.05) is 0 Å². The maximum Gasteiger partial charge on any atom is -0.000825 e. The van der Waals surface area contributed by atoms with E-state index in [9.17, 15) is 0 Å². The van der Waals surface area contributed by atoms with Gasteiger partial charge in [-0.2, -0.15) is 0 Å². The SMILES string of the molecule is CCCNCCc1ccccc1CC. The Morgan fingerprint density at radius 2 is 1.71 bits per heavy atom. The lowest BCUT2D eigenvalue weighted by atomic mass is 10.0. The lowest BCUT2D eigenvalue weighted by molar-refractivity contribution is 0.669. The molecule has 0 atom stereocenters. The van der Waals surface area contributed by atoms with Gasteiger partial charge < -0.3 is 5.32 Å². The molecule has 0 bridgehead atoms. The number of hydrogen-bond acceptors (Lipinski definition) is 1. The molecule has 1 rings (SSSR count). The fourth-order valence-electron chi connectivity index (χ4n) is 1.67. The Balaban J connectivity index is 2.41. The van der Waals surface area contributed by atoms with Crippen molar-refractivity contribution in [3.63, 3.8) is 0 Å². The summed E-state index contributed by atoms with van der Waals surface area (Å²) in [6.45, 7) is 6.66. The molecule has 1 heteroatoms. The summed E-state index contributed by atoms with van der Waals surface area (Å²) in [5.74, 6) is 0. The van der Waals surface area contributed by atoms with Crippen molar-refractivity contribution >= 4 is 0 Å². The van der Waals surface area contributed by atoms with E-state index in [4.69, 9.17) is 0 Å². The van der Waals surface area contributed by atoms with Crippen molar-refractivity contribution in [2.45, 2.75) is 33.1 Å². The summed E-state index contributed by atoms with van der Waals surface area (Å²) in [6.07, 6.45) is 3.52. The fraction of sp³-hybridized carbons (Fsp3) is 0.538. The number of benzene rings is 1. The Labute approximate surface area is 87.5 Å². The molecule has 0 aliphatic heterocycles. The zero-order chi connectivity index (χ0) is 10.2. The molecule has 0 heterocycles. The first-order valence-corrected chi connectivity index (χ1v) is 5.66. The molecule has 0 spiro atoms. The van der Waals surface area contributed by atoms with Crippen LogP contribution in [0, 0.1) is 0 Å². The number of aryl methyl sites for hydroxylation is 1. The molecule has 1 N–H and O–H groups in total. The van der Waals surface area contributed by atoms with Crippen LogP contribution in [0.2, 0.25) is 0 Å². The van der Waals surface area contributed by atoms with Gasteiger partial charge in [0, 0.05) is 0 Å². The molecule has 0 amide bonds. The highest BCUT2D eigenvalue weighted by molar-refractivity contribution is 5.27. The number of nitrogens with one attached hydrogen (secondary N) is 1. The third-order valence-corrected chi connectivity index (χ3v) is 2.50. The van der Waals surface area contributed by atoms with Crippen LogP contribution in [0.15, 0.2) is 24.3 Å². The van der Waals surface area contributed by atoms with Crippen molar-refractivity contribution in [3.05, 3.63) is 35.4 Å². The second-order valence-electron chi connectivity index (χ2n) is 3.62. The summed E-state index contributed by atoms with van der Waals surface area (Å²) in [5.41, 5.74) is 2.99. The lowest BCUT2D eigenvalue weighted by Gasteiger charge is -2.07. The van der Waals surface area contributed by atoms with Crippen LogP contribution < -0.4 is 5.32 Å². The van der Waals surface area contributed by atoms with Crippen LogP contribution in [0.5, 0.6) is 0 Å². The van der Waals surface area contributed by atoms with Crippen LogP contribution >= 0.6 is 0 Å². The Morgan fingerprint density at radius 3 is 2.36 bits per heavy atom. The van der Waals surface area contributed by atoms with Gasteiger partial charge in [-0.15, -0.1) is 0 Å². The maximum atomic E-state index is 3.43. The van der Waals surface area contributed by atoms with Crippen molar-refractivity contribution in [2.75, 3.05) is 13.1 Å². The van der Waals surface area contributed by atoms with Crippen molar-refractivity contribution in [3.8, 4) is 0 Å². The summed E-state index contributed by atoms with van der Waals surface area (Å²) in [5, 5.41) is 3.43. The zero-order valence-corrected chi connectivity index (χ0v) is 9.34. The van der Waals surface area contributed by atoms with Gasteiger partial charge in [0.15, 0.2) is 0 Å². The Kier molecular flexibility index (Phi) is 5.31. The molecule has 0 aliphatic carbocycles. The van der Waals surface area contributed by atoms with Gasteiger partial charge in [0.2, 0.25) is 0 Å². The molecule has 1 aromatic rings. The summed E-state index contributed by atoms with van der Waals surface area (Å²) >= 11 is 0. The standard InChI is InChI=1S/C13H21N/c1-3-10-14-11-9-13-8-6-5-7-12(13)4-2/h5-8,14H,3-4,9-11H2,1-2H3. The zero-order valence-electron chi connectivity index (χ0n) is 9.34. The minimum atomic E-state index is 1.10. The van der Waals surface area contributed by atoms with Gasteiger partial charge >= 0.3 is 0 Å². The molecule has 1 aromatic carbocycles. The van der Waals surface area contributed by atoms with Crippen molar-refractivity contribution < 1.29 is 0 Å². The van der Waals surface area contributed by atoms with Gasteiger partial charge in [-0.05, 0) is 43.5 Å². The van der Waals surface area contributed by atoms with Crippen LogP contribution in [-0.2, 0) is 12.8 Å². The first-order chi connectivity index (χ1) is 6.88. The summed E-state index contributed by atoms with van der Waals surface area (Å²) in [4.78, 5) is 0. The number of rotatable bonds is 6. The van der Waals surface area contributed by atoms with E-state index in [0.29, 0.717) is 0 Å². The van der Waals surface area contributed by atoms with Crippen LogP contribution in [0.4, 0.5) is 0 Å². The third-order valence-electron chi connectivity index (χ3n) is 2.50. The highest BCUT2D eigenvalue weighted by Crippen LogP contribution is 2.09. The molecule has 0 unspecified atom stereocenters. The van der Waals surface area contributed by atoms with Crippen molar-refractivity contribution in [2.24, 2.45) is 0 Å². The van der Waals surface area contributed by atoms with E-state index in [-0.39, 0.29) is 0 Å². The van der Waals surface area contributed by atoms with Gasteiger partial charge in [0.1, 0.15) is 0 Å². The average molecular weight is 191 g/mol. The molecule has 0 radical (unpaired) electrons. The van der Waals surface area contributed by atoms with Crippen molar-refractivity contribution in [1.82, 2.24) is 5.32 Å². The predicted molar refractivity (Wildman–Crippen MR) is 62.7 cm³/mol. The van der Waals surface area contributed by atoms with Crippen LogP contribution in [-0.4, -0.2) is 13.1 Å². The lowest BCUT2D eigenvalue weighted by Crippen LogP contribution is -2.18. The molecule has 0 aromatic heterocycles. The molecular formula is C13H21N. The summed E-state index contributed by atoms with van der Waals surface area (Å²) in [7, 11) is 0. The Morgan fingerprint density at radius 1 is 1.00 bits per heavy atom. The van der Waals surface area contributed by atoms with Gasteiger partial charge in [0.05, 0.1) is 0 Å². The van der Waals surface area contributed by atoms with E-state index in [1.165, 1.54) is 17.5 Å². The van der Waals surface area contributed by atoms with E-state index < -0.39 is 0 Å². The molecule has 0 saturated carbocycles. The first kappa shape index (κ1) is 11.3. The second kappa shape index (κ2) is 6.61. The van der Waals surface area contributed by atoms with E-state index in [2.05, 4.69) is 43.4 Å². The normalized spacial score (nSPS) is 10.4. The van der Waals surface area contributed by atoms with E-state index >= 15 is 0 Å². The highest BCUT2D eigenvalue weighted by Gasteiger charge is 1.98. The van der Waals surface area contributed by atoms with E-state index in [1.54, 1.807) is 0 Å². The Bertz CT molecular complexity index is 255. The van der Waals surface area contributed by atoms with E-state index in [0.717, 1.165) is 25.9 Å². The van der Waals surface area contributed by atoms with Gasteiger partial charge in [-0.1, -0.05) is 38.1 Å². The molecule has 78 valence electrons. The number of hydrogen-bond donors (Lipinski definition) is 1. The molecule has 0 saturated heterocycles. The predicted octanol–water partition coefficient (Wildman–Crippen LogP) is 2.79. The smallest absolute Gasteiger partial charge is 0.000825 e. The highest BCUT2D eigenvalue weighted by atomic mass is 14.8.